The number of carbonyl (C=O) groups excluding carboxylic acids is 3. The van der Waals surface area contributed by atoms with Gasteiger partial charge in [0.1, 0.15) is 5.92 Å². The van der Waals surface area contributed by atoms with E-state index in [0.717, 1.165) is 0 Å². The Morgan fingerprint density at radius 1 is 1.19 bits per heavy atom. The molecule has 0 N–H and O–H groups in total. The molecule has 1 aromatic carbocycles. The molecule has 2 aliphatic rings. The van der Waals surface area contributed by atoms with Gasteiger partial charge in [0.05, 0.1) is 11.1 Å². The normalized spacial score (nSPS) is 23.3. The summed E-state index contributed by atoms with van der Waals surface area (Å²) in [7, 11) is 0. The summed E-state index contributed by atoms with van der Waals surface area (Å²) in [5.41, 5.74) is 0.182. The summed E-state index contributed by atoms with van der Waals surface area (Å²) in [4.78, 5) is 40.4. The molecule has 0 saturated heterocycles. The van der Waals surface area contributed by atoms with Crippen LogP contribution in [0.5, 0.6) is 0 Å². The fourth-order valence-electron chi connectivity index (χ4n) is 2.62. The van der Waals surface area contributed by atoms with Crippen LogP contribution in [0.4, 0.5) is 8.78 Å². The van der Waals surface area contributed by atoms with Gasteiger partial charge < -0.3 is 4.84 Å². The molecule has 1 aliphatic carbocycles. The first kappa shape index (κ1) is 13.7. The maximum absolute atomic E-state index is 13.5. The summed E-state index contributed by atoms with van der Waals surface area (Å²) < 4.78 is 27.0. The predicted molar refractivity (Wildman–Crippen MR) is 65.3 cm³/mol. The van der Waals surface area contributed by atoms with E-state index < -0.39 is 36.0 Å². The second-order valence-electron chi connectivity index (χ2n) is 5.07. The van der Waals surface area contributed by atoms with Crippen molar-refractivity contribution in [1.29, 1.82) is 0 Å². The molecule has 110 valence electrons. The van der Waals surface area contributed by atoms with Crippen LogP contribution in [-0.2, 0) is 9.63 Å². The van der Waals surface area contributed by atoms with Gasteiger partial charge in [-0.15, -0.1) is 0 Å². The number of rotatable bonds is 2. The third-order valence-electron chi connectivity index (χ3n) is 3.74. The Bertz CT molecular complexity index is 609. The molecule has 5 nitrogen and oxygen atoms in total. The molecule has 1 unspecified atom stereocenters. The number of imide groups is 1. The summed E-state index contributed by atoms with van der Waals surface area (Å²) in [6.07, 6.45) is -0.210. The maximum Gasteiger partial charge on any atom is 0.342 e. The Labute approximate surface area is 118 Å². The predicted octanol–water partition coefficient (Wildman–Crippen LogP) is 2.18. The van der Waals surface area contributed by atoms with E-state index in [1.165, 1.54) is 12.1 Å². The zero-order valence-electron chi connectivity index (χ0n) is 10.8. The molecular formula is C14H11F2NO4. The fourth-order valence-corrected chi connectivity index (χ4v) is 2.62. The van der Waals surface area contributed by atoms with Gasteiger partial charge in [-0.3, -0.25) is 9.59 Å². The van der Waals surface area contributed by atoms with Crippen LogP contribution in [0.2, 0.25) is 0 Å². The van der Waals surface area contributed by atoms with Crippen molar-refractivity contribution >= 4 is 17.8 Å². The van der Waals surface area contributed by atoms with E-state index in [4.69, 9.17) is 0 Å². The molecule has 1 aliphatic heterocycles. The zero-order chi connectivity index (χ0) is 15.2. The molecule has 1 heterocycles. The van der Waals surface area contributed by atoms with Crippen LogP contribution in [0.25, 0.3) is 0 Å². The van der Waals surface area contributed by atoms with Crippen molar-refractivity contribution in [3.8, 4) is 0 Å². The van der Waals surface area contributed by atoms with Crippen molar-refractivity contribution in [3.05, 3.63) is 35.4 Å². The highest BCUT2D eigenvalue weighted by Gasteiger charge is 2.51. The fraction of sp³-hybridized carbons (Fsp3) is 0.357. The minimum atomic E-state index is -3.16. The van der Waals surface area contributed by atoms with Gasteiger partial charge in [-0.1, -0.05) is 17.2 Å². The molecule has 21 heavy (non-hydrogen) atoms. The van der Waals surface area contributed by atoms with Crippen LogP contribution >= 0.6 is 0 Å². The molecule has 0 aromatic heterocycles. The number of halogens is 2. The van der Waals surface area contributed by atoms with E-state index in [-0.39, 0.29) is 29.0 Å². The summed E-state index contributed by atoms with van der Waals surface area (Å²) >= 11 is 0. The number of nitrogens with zero attached hydrogens (tertiary/aromatic N) is 1. The minimum absolute atomic E-state index is 0.0188. The SMILES string of the molecule is O=C(ON1C(=O)c2ccccc2C1=O)C1CCCC1(F)F. The first-order valence-electron chi connectivity index (χ1n) is 6.49. The number of carbonyl (C=O) groups is 3. The topological polar surface area (TPSA) is 63.7 Å². The number of hydrogen-bond donors (Lipinski definition) is 0. The van der Waals surface area contributed by atoms with Crippen LogP contribution in [0.1, 0.15) is 40.0 Å². The first-order valence-corrected chi connectivity index (χ1v) is 6.49. The third kappa shape index (κ3) is 2.09. The van der Waals surface area contributed by atoms with E-state index in [9.17, 15) is 23.2 Å². The monoisotopic (exact) mass is 295 g/mol. The lowest BCUT2D eigenvalue weighted by Crippen LogP contribution is -2.38. The Morgan fingerprint density at radius 3 is 2.24 bits per heavy atom. The molecule has 0 bridgehead atoms. The van der Waals surface area contributed by atoms with Crippen molar-refractivity contribution in [2.75, 3.05) is 0 Å². The molecule has 1 saturated carbocycles. The number of alkyl halides is 2. The van der Waals surface area contributed by atoms with Gasteiger partial charge in [-0.25, -0.2) is 13.6 Å². The molecule has 1 fully saturated rings. The van der Waals surface area contributed by atoms with Crippen LogP contribution < -0.4 is 0 Å². The second-order valence-corrected chi connectivity index (χ2v) is 5.07. The number of hydroxylamine groups is 2. The molecule has 2 amide bonds. The van der Waals surface area contributed by atoms with Crippen molar-refractivity contribution in [1.82, 2.24) is 5.06 Å². The third-order valence-corrected chi connectivity index (χ3v) is 3.74. The van der Waals surface area contributed by atoms with E-state index >= 15 is 0 Å². The maximum atomic E-state index is 13.5. The number of hydrogen-bond acceptors (Lipinski definition) is 4. The molecule has 0 radical (unpaired) electrons. The van der Waals surface area contributed by atoms with Gasteiger partial charge in [0.25, 0.3) is 17.7 Å². The van der Waals surface area contributed by atoms with E-state index in [0.29, 0.717) is 0 Å². The van der Waals surface area contributed by atoms with Crippen molar-refractivity contribution in [2.24, 2.45) is 5.92 Å². The molecule has 0 spiro atoms. The van der Waals surface area contributed by atoms with Gasteiger partial charge in [-0.05, 0) is 25.0 Å². The lowest BCUT2D eigenvalue weighted by Gasteiger charge is -2.20. The van der Waals surface area contributed by atoms with Crippen molar-refractivity contribution < 1.29 is 28.0 Å². The van der Waals surface area contributed by atoms with Gasteiger partial charge in [0.2, 0.25) is 0 Å². The average Bonchev–Trinajstić information content (AvgIpc) is 2.92. The Hall–Kier alpha value is -2.31. The highest BCUT2D eigenvalue weighted by Crippen LogP contribution is 2.41. The van der Waals surface area contributed by atoms with E-state index in [1.807, 2.05) is 0 Å². The standard InChI is InChI=1S/C14H11F2NO4/c15-14(16)7-3-6-10(14)13(20)21-17-11(18)8-4-1-2-5-9(8)12(17)19/h1-2,4-5,10H,3,6-7H2. The zero-order valence-corrected chi connectivity index (χ0v) is 10.8. The average molecular weight is 295 g/mol. The lowest BCUT2D eigenvalue weighted by atomic mass is 10.1. The lowest BCUT2D eigenvalue weighted by molar-refractivity contribution is -0.184. The highest BCUT2D eigenvalue weighted by atomic mass is 19.3. The van der Waals surface area contributed by atoms with Gasteiger partial charge in [0, 0.05) is 6.42 Å². The summed E-state index contributed by atoms with van der Waals surface area (Å²) in [5.74, 6) is -7.64. The molecule has 1 atom stereocenters. The second kappa shape index (κ2) is 4.61. The summed E-state index contributed by atoms with van der Waals surface area (Å²) in [6.45, 7) is 0. The number of amides is 2. The van der Waals surface area contributed by atoms with Gasteiger partial charge in [0.15, 0.2) is 0 Å². The highest BCUT2D eigenvalue weighted by molar-refractivity contribution is 6.20. The Kier molecular flexibility index (Phi) is 3.00. The van der Waals surface area contributed by atoms with Gasteiger partial charge in [-0.2, -0.15) is 0 Å². The molecule has 1 aromatic rings. The molecular weight excluding hydrogens is 284 g/mol. The van der Waals surface area contributed by atoms with Gasteiger partial charge >= 0.3 is 5.97 Å². The Balaban J connectivity index is 1.80. The quantitative estimate of drug-likeness (QED) is 0.784. The number of fused-ring (bicyclic) bond motifs is 1. The van der Waals surface area contributed by atoms with Crippen molar-refractivity contribution in [3.63, 3.8) is 0 Å². The molecule has 3 rings (SSSR count). The van der Waals surface area contributed by atoms with E-state index in [1.54, 1.807) is 12.1 Å². The van der Waals surface area contributed by atoms with Crippen LogP contribution in [0.3, 0.4) is 0 Å². The summed E-state index contributed by atoms with van der Waals surface area (Å²) in [6, 6.07) is 5.93. The molecule has 7 heteroatoms. The van der Waals surface area contributed by atoms with E-state index in [2.05, 4.69) is 4.84 Å². The first-order chi connectivity index (χ1) is 9.92. The Morgan fingerprint density at radius 2 is 1.76 bits per heavy atom. The van der Waals surface area contributed by atoms with Crippen LogP contribution in [0, 0.1) is 5.92 Å². The van der Waals surface area contributed by atoms with Crippen LogP contribution in [0.15, 0.2) is 24.3 Å². The van der Waals surface area contributed by atoms with Crippen LogP contribution in [-0.4, -0.2) is 28.8 Å². The summed E-state index contributed by atoms with van der Waals surface area (Å²) in [5, 5.41) is 0.265. The van der Waals surface area contributed by atoms with Crippen molar-refractivity contribution in [2.45, 2.75) is 25.2 Å². The largest absolute Gasteiger partial charge is 0.342 e. The number of benzene rings is 1. The smallest absolute Gasteiger partial charge is 0.329 e. The minimum Gasteiger partial charge on any atom is -0.329 e.